The second-order valence-electron chi connectivity index (χ2n) is 4.66. The molecule has 0 N–H and O–H groups in total. The SMILES string of the molecule is COC(=O)CCCN(C)CCc1ccccc1C. The molecular weight excluding hydrogens is 226 g/mol. The number of esters is 1. The molecule has 100 valence electrons. The molecule has 3 nitrogen and oxygen atoms in total. The first kappa shape index (κ1) is 14.7. The van der Waals surface area contributed by atoms with Crippen LogP contribution < -0.4 is 0 Å². The van der Waals surface area contributed by atoms with Gasteiger partial charge in [-0.05, 0) is 44.5 Å². The Morgan fingerprint density at radius 2 is 2.00 bits per heavy atom. The average Bonchev–Trinajstić information content (AvgIpc) is 2.37. The van der Waals surface area contributed by atoms with Crippen LogP contribution in [0.15, 0.2) is 24.3 Å². The fourth-order valence-electron chi connectivity index (χ4n) is 1.91. The summed E-state index contributed by atoms with van der Waals surface area (Å²) in [4.78, 5) is 13.2. The van der Waals surface area contributed by atoms with Crippen molar-refractivity contribution in [3.05, 3.63) is 35.4 Å². The number of carbonyl (C=O) groups excluding carboxylic acids is 1. The number of ether oxygens (including phenoxy) is 1. The van der Waals surface area contributed by atoms with Crippen molar-refractivity contribution in [3.8, 4) is 0 Å². The molecule has 0 saturated carbocycles. The number of rotatable bonds is 7. The van der Waals surface area contributed by atoms with Crippen molar-refractivity contribution in [2.24, 2.45) is 0 Å². The van der Waals surface area contributed by atoms with Gasteiger partial charge in [0.1, 0.15) is 0 Å². The summed E-state index contributed by atoms with van der Waals surface area (Å²) in [6.07, 6.45) is 2.42. The lowest BCUT2D eigenvalue weighted by Gasteiger charge is -2.16. The van der Waals surface area contributed by atoms with Gasteiger partial charge in [-0.1, -0.05) is 24.3 Å². The van der Waals surface area contributed by atoms with Crippen molar-refractivity contribution in [1.82, 2.24) is 4.90 Å². The van der Waals surface area contributed by atoms with Crippen LogP contribution in [0.5, 0.6) is 0 Å². The monoisotopic (exact) mass is 249 g/mol. The molecule has 0 aliphatic rings. The zero-order valence-corrected chi connectivity index (χ0v) is 11.6. The Morgan fingerprint density at radius 1 is 1.28 bits per heavy atom. The first-order valence-corrected chi connectivity index (χ1v) is 6.43. The third-order valence-corrected chi connectivity index (χ3v) is 3.17. The molecular formula is C15H23NO2. The van der Waals surface area contributed by atoms with Gasteiger partial charge in [0.2, 0.25) is 0 Å². The van der Waals surface area contributed by atoms with Gasteiger partial charge in [0, 0.05) is 13.0 Å². The quantitative estimate of drug-likeness (QED) is 0.695. The molecule has 1 rings (SSSR count). The van der Waals surface area contributed by atoms with Crippen LogP contribution in [0.3, 0.4) is 0 Å². The molecule has 0 radical (unpaired) electrons. The average molecular weight is 249 g/mol. The van der Waals surface area contributed by atoms with Crippen molar-refractivity contribution in [3.63, 3.8) is 0 Å². The number of hydrogen-bond acceptors (Lipinski definition) is 3. The summed E-state index contributed by atoms with van der Waals surface area (Å²) in [5.74, 6) is -0.123. The molecule has 3 heteroatoms. The van der Waals surface area contributed by atoms with Gasteiger partial charge in [0.25, 0.3) is 0 Å². The Bertz CT molecular complexity index is 377. The summed E-state index contributed by atoms with van der Waals surface area (Å²) < 4.78 is 4.62. The van der Waals surface area contributed by atoms with Crippen LogP contribution >= 0.6 is 0 Å². The highest BCUT2D eigenvalue weighted by Crippen LogP contribution is 2.08. The van der Waals surface area contributed by atoms with E-state index in [-0.39, 0.29) is 5.97 Å². The molecule has 1 aromatic rings. The molecule has 0 saturated heterocycles. The normalized spacial score (nSPS) is 10.7. The van der Waals surface area contributed by atoms with E-state index < -0.39 is 0 Å². The highest BCUT2D eigenvalue weighted by molar-refractivity contribution is 5.69. The molecule has 1 aromatic carbocycles. The van der Waals surface area contributed by atoms with E-state index in [0.29, 0.717) is 6.42 Å². The highest BCUT2D eigenvalue weighted by atomic mass is 16.5. The van der Waals surface area contributed by atoms with Gasteiger partial charge in [0.15, 0.2) is 0 Å². The maximum absolute atomic E-state index is 11.0. The smallest absolute Gasteiger partial charge is 0.305 e. The lowest BCUT2D eigenvalue weighted by Crippen LogP contribution is -2.23. The Balaban J connectivity index is 2.23. The number of nitrogens with zero attached hydrogens (tertiary/aromatic N) is 1. The van der Waals surface area contributed by atoms with Gasteiger partial charge in [-0.15, -0.1) is 0 Å². The van der Waals surface area contributed by atoms with Crippen molar-refractivity contribution in [2.45, 2.75) is 26.2 Å². The summed E-state index contributed by atoms with van der Waals surface area (Å²) in [5.41, 5.74) is 2.75. The van der Waals surface area contributed by atoms with Crippen molar-refractivity contribution >= 4 is 5.97 Å². The molecule has 0 amide bonds. The second kappa shape index (κ2) is 7.88. The Labute approximate surface area is 110 Å². The van der Waals surface area contributed by atoms with Crippen LogP contribution in [0, 0.1) is 6.92 Å². The molecule has 0 aliphatic carbocycles. The van der Waals surface area contributed by atoms with Crippen LogP contribution in [0.25, 0.3) is 0 Å². The number of carbonyl (C=O) groups is 1. The Hall–Kier alpha value is -1.35. The van der Waals surface area contributed by atoms with Crippen molar-refractivity contribution in [2.75, 3.05) is 27.2 Å². The van der Waals surface area contributed by atoms with Gasteiger partial charge >= 0.3 is 5.97 Å². The van der Waals surface area contributed by atoms with Gasteiger partial charge in [0.05, 0.1) is 7.11 Å². The van der Waals surface area contributed by atoms with E-state index in [2.05, 4.69) is 47.9 Å². The van der Waals surface area contributed by atoms with E-state index in [0.717, 1.165) is 25.9 Å². The number of aryl methyl sites for hydroxylation is 1. The Kier molecular flexibility index (Phi) is 6.44. The predicted molar refractivity (Wildman–Crippen MR) is 73.6 cm³/mol. The number of methoxy groups -OCH3 is 1. The largest absolute Gasteiger partial charge is 0.469 e. The molecule has 0 spiro atoms. The summed E-state index contributed by atoms with van der Waals surface area (Å²) in [5, 5.41) is 0. The maximum Gasteiger partial charge on any atom is 0.305 e. The lowest BCUT2D eigenvalue weighted by atomic mass is 10.1. The van der Waals surface area contributed by atoms with E-state index in [1.165, 1.54) is 18.2 Å². The van der Waals surface area contributed by atoms with Crippen LogP contribution in [-0.4, -0.2) is 38.1 Å². The van der Waals surface area contributed by atoms with E-state index in [9.17, 15) is 4.79 Å². The zero-order chi connectivity index (χ0) is 13.4. The molecule has 0 unspecified atom stereocenters. The summed E-state index contributed by atoms with van der Waals surface area (Å²) in [6, 6.07) is 8.47. The summed E-state index contributed by atoms with van der Waals surface area (Å²) in [7, 11) is 3.53. The second-order valence-corrected chi connectivity index (χ2v) is 4.66. The molecule has 0 fully saturated rings. The standard InChI is InChI=1S/C15H23NO2/c1-13-7-4-5-8-14(13)10-12-16(2)11-6-9-15(17)18-3/h4-5,7-8H,6,9-12H2,1-3H3. The minimum atomic E-state index is -0.123. The number of likely N-dealkylation sites (N-methyl/N-ethyl adjacent to an activating group) is 1. The fourth-order valence-corrected chi connectivity index (χ4v) is 1.91. The molecule has 0 aliphatic heterocycles. The highest BCUT2D eigenvalue weighted by Gasteiger charge is 2.04. The van der Waals surface area contributed by atoms with E-state index in [1.54, 1.807) is 0 Å². The first-order valence-electron chi connectivity index (χ1n) is 6.43. The van der Waals surface area contributed by atoms with Gasteiger partial charge in [-0.3, -0.25) is 4.79 Å². The third kappa shape index (κ3) is 5.32. The number of benzene rings is 1. The minimum absolute atomic E-state index is 0.123. The summed E-state index contributed by atoms with van der Waals surface area (Å²) >= 11 is 0. The van der Waals surface area contributed by atoms with Crippen LogP contribution in [-0.2, 0) is 16.0 Å². The van der Waals surface area contributed by atoms with Crippen molar-refractivity contribution in [1.29, 1.82) is 0 Å². The molecule has 18 heavy (non-hydrogen) atoms. The first-order chi connectivity index (χ1) is 8.63. The van der Waals surface area contributed by atoms with Gasteiger partial charge in [-0.2, -0.15) is 0 Å². The molecule has 0 bridgehead atoms. The summed E-state index contributed by atoms with van der Waals surface area (Å²) in [6.45, 7) is 4.10. The zero-order valence-electron chi connectivity index (χ0n) is 11.6. The molecule has 0 atom stereocenters. The van der Waals surface area contributed by atoms with Crippen LogP contribution in [0.4, 0.5) is 0 Å². The molecule has 0 heterocycles. The van der Waals surface area contributed by atoms with Gasteiger partial charge in [-0.25, -0.2) is 0 Å². The third-order valence-electron chi connectivity index (χ3n) is 3.17. The Morgan fingerprint density at radius 3 is 2.67 bits per heavy atom. The van der Waals surface area contributed by atoms with Gasteiger partial charge < -0.3 is 9.64 Å². The van der Waals surface area contributed by atoms with Crippen molar-refractivity contribution < 1.29 is 9.53 Å². The fraction of sp³-hybridized carbons (Fsp3) is 0.533. The van der Waals surface area contributed by atoms with E-state index >= 15 is 0 Å². The maximum atomic E-state index is 11.0. The van der Waals surface area contributed by atoms with Crippen LogP contribution in [0.1, 0.15) is 24.0 Å². The van der Waals surface area contributed by atoms with Crippen LogP contribution in [0.2, 0.25) is 0 Å². The molecule has 0 aromatic heterocycles. The minimum Gasteiger partial charge on any atom is -0.469 e. The topological polar surface area (TPSA) is 29.5 Å². The van der Waals surface area contributed by atoms with E-state index in [1.807, 2.05) is 0 Å². The van der Waals surface area contributed by atoms with E-state index in [4.69, 9.17) is 0 Å². The number of hydrogen-bond donors (Lipinski definition) is 0. The predicted octanol–water partition coefficient (Wildman–Crippen LogP) is 2.42. The lowest BCUT2D eigenvalue weighted by molar-refractivity contribution is -0.140.